The Morgan fingerprint density at radius 1 is 1.12 bits per heavy atom. The van der Waals surface area contributed by atoms with E-state index >= 15 is 0 Å². The van der Waals surface area contributed by atoms with Crippen molar-refractivity contribution in [2.24, 2.45) is 7.05 Å². The molecule has 124 valence electrons. The SMILES string of the molecule is Cn1ccnc1-c1nccn1[C@@H]1CCCN(Cc2cccnc2)C1. The van der Waals surface area contributed by atoms with Gasteiger partial charge in [0.1, 0.15) is 0 Å². The first-order chi connectivity index (χ1) is 11.8. The highest BCUT2D eigenvalue weighted by atomic mass is 15.2. The minimum atomic E-state index is 0.435. The number of hydrogen-bond acceptors (Lipinski definition) is 4. The fraction of sp³-hybridized carbons (Fsp3) is 0.389. The normalized spacial score (nSPS) is 18.8. The van der Waals surface area contributed by atoms with Crippen LogP contribution in [0.5, 0.6) is 0 Å². The fourth-order valence-corrected chi connectivity index (χ4v) is 3.51. The molecule has 0 bridgehead atoms. The summed E-state index contributed by atoms with van der Waals surface area (Å²) in [6, 6.07) is 4.59. The van der Waals surface area contributed by atoms with Crippen molar-refractivity contribution in [2.75, 3.05) is 13.1 Å². The number of nitrogens with zero attached hydrogens (tertiary/aromatic N) is 6. The maximum Gasteiger partial charge on any atom is 0.176 e. The van der Waals surface area contributed by atoms with Crippen molar-refractivity contribution < 1.29 is 0 Å². The minimum Gasteiger partial charge on any atom is -0.331 e. The Morgan fingerprint density at radius 2 is 2.00 bits per heavy atom. The molecule has 0 aliphatic carbocycles. The molecule has 0 radical (unpaired) electrons. The average Bonchev–Trinajstić information content (AvgIpc) is 3.24. The van der Waals surface area contributed by atoms with Gasteiger partial charge in [0, 0.05) is 63.4 Å². The predicted molar refractivity (Wildman–Crippen MR) is 92.2 cm³/mol. The van der Waals surface area contributed by atoms with Crippen molar-refractivity contribution in [1.29, 1.82) is 0 Å². The summed E-state index contributed by atoms with van der Waals surface area (Å²) < 4.78 is 4.31. The van der Waals surface area contributed by atoms with Crippen molar-refractivity contribution >= 4 is 0 Å². The van der Waals surface area contributed by atoms with E-state index in [1.165, 1.54) is 18.4 Å². The predicted octanol–water partition coefficient (Wildman–Crippen LogP) is 2.52. The second-order valence-electron chi connectivity index (χ2n) is 6.41. The Balaban J connectivity index is 1.53. The van der Waals surface area contributed by atoms with E-state index in [-0.39, 0.29) is 0 Å². The van der Waals surface area contributed by atoms with Crippen molar-refractivity contribution in [1.82, 2.24) is 29.0 Å². The topological polar surface area (TPSA) is 51.8 Å². The number of likely N-dealkylation sites (tertiary alicyclic amines) is 1. The van der Waals surface area contributed by atoms with E-state index in [1.54, 1.807) is 0 Å². The average molecular weight is 322 g/mol. The Hall–Kier alpha value is -2.47. The lowest BCUT2D eigenvalue weighted by molar-refractivity contribution is 0.171. The molecule has 24 heavy (non-hydrogen) atoms. The Kier molecular flexibility index (Phi) is 4.13. The standard InChI is InChI=1S/C18H22N6/c1-22-10-7-20-17(22)18-21-8-11-24(18)16-5-3-9-23(14-16)13-15-4-2-6-19-12-15/h2,4,6-8,10-12,16H,3,5,9,13-14H2,1H3/t16-/m1/s1. The molecule has 1 saturated heterocycles. The van der Waals surface area contributed by atoms with E-state index in [1.807, 2.05) is 48.7 Å². The molecule has 0 amide bonds. The summed E-state index contributed by atoms with van der Waals surface area (Å²) in [5.41, 5.74) is 1.27. The van der Waals surface area contributed by atoms with Crippen LogP contribution in [0.3, 0.4) is 0 Å². The van der Waals surface area contributed by atoms with Crippen LogP contribution in [0.2, 0.25) is 0 Å². The molecule has 0 spiro atoms. The first kappa shape index (κ1) is 15.1. The molecule has 4 heterocycles. The highest BCUT2D eigenvalue weighted by Crippen LogP contribution is 2.27. The smallest absolute Gasteiger partial charge is 0.176 e. The molecule has 1 aliphatic rings. The molecule has 4 rings (SSSR count). The zero-order valence-electron chi connectivity index (χ0n) is 13.9. The Morgan fingerprint density at radius 3 is 2.79 bits per heavy atom. The van der Waals surface area contributed by atoms with Gasteiger partial charge in [-0.25, -0.2) is 9.97 Å². The van der Waals surface area contributed by atoms with Gasteiger partial charge in [-0.1, -0.05) is 6.07 Å². The van der Waals surface area contributed by atoms with Gasteiger partial charge < -0.3 is 9.13 Å². The molecule has 3 aromatic rings. The lowest BCUT2D eigenvalue weighted by Crippen LogP contribution is -2.36. The molecule has 1 aliphatic heterocycles. The quantitative estimate of drug-likeness (QED) is 0.740. The Labute approximate surface area is 141 Å². The molecular weight excluding hydrogens is 300 g/mol. The maximum absolute atomic E-state index is 4.55. The van der Waals surface area contributed by atoms with Crippen LogP contribution in [0.1, 0.15) is 24.4 Å². The summed E-state index contributed by atoms with van der Waals surface area (Å²) in [4.78, 5) is 15.7. The van der Waals surface area contributed by atoms with Crippen LogP contribution in [0.15, 0.2) is 49.3 Å². The van der Waals surface area contributed by atoms with Crippen LogP contribution in [-0.4, -0.2) is 42.1 Å². The van der Waals surface area contributed by atoms with Crippen molar-refractivity contribution in [3.63, 3.8) is 0 Å². The molecule has 6 heteroatoms. The van der Waals surface area contributed by atoms with Gasteiger partial charge in [-0.15, -0.1) is 0 Å². The molecule has 3 aromatic heterocycles. The van der Waals surface area contributed by atoms with E-state index in [9.17, 15) is 0 Å². The highest BCUT2D eigenvalue weighted by Gasteiger charge is 2.24. The monoisotopic (exact) mass is 322 g/mol. The van der Waals surface area contributed by atoms with Crippen LogP contribution in [0.25, 0.3) is 11.6 Å². The lowest BCUT2D eigenvalue weighted by Gasteiger charge is -2.34. The number of pyridine rings is 1. The third kappa shape index (κ3) is 2.97. The van der Waals surface area contributed by atoms with Gasteiger partial charge in [-0.3, -0.25) is 9.88 Å². The summed E-state index contributed by atoms with van der Waals surface area (Å²) in [7, 11) is 2.01. The summed E-state index contributed by atoms with van der Waals surface area (Å²) >= 11 is 0. The number of aromatic nitrogens is 5. The number of aryl methyl sites for hydroxylation is 1. The number of rotatable bonds is 4. The molecule has 1 atom stereocenters. The molecule has 0 saturated carbocycles. The number of hydrogen-bond donors (Lipinski definition) is 0. The summed E-state index contributed by atoms with van der Waals surface area (Å²) in [6.07, 6.45) is 13.9. The number of imidazole rings is 2. The van der Waals surface area contributed by atoms with Crippen LogP contribution in [0.4, 0.5) is 0 Å². The van der Waals surface area contributed by atoms with E-state index in [2.05, 4.69) is 36.7 Å². The summed E-state index contributed by atoms with van der Waals surface area (Å²) in [5, 5.41) is 0. The fourth-order valence-electron chi connectivity index (χ4n) is 3.51. The molecule has 6 nitrogen and oxygen atoms in total. The molecule has 1 fully saturated rings. The van der Waals surface area contributed by atoms with Crippen LogP contribution in [-0.2, 0) is 13.6 Å². The Bertz CT molecular complexity index is 791. The van der Waals surface area contributed by atoms with E-state index in [0.717, 1.165) is 31.3 Å². The molecule has 0 N–H and O–H groups in total. The minimum absolute atomic E-state index is 0.435. The summed E-state index contributed by atoms with van der Waals surface area (Å²) in [5.74, 6) is 1.88. The second kappa shape index (κ2) is 6.57. The van der Waals surface area contributed by atoms with Gasteiger partial charge >= 0.3 is 0 Å². The van der Waals surface area contributed by atoms with Gasteiger partial charge in [0.05, 0.1) is 0 Å². The lowest BCUT2D eigenvalue weighted by atomic mass is 10.0. The maximum atomic E-state index is 4.55. The first-order valence-corrected chi connectivity index (χ1v) is 8.43. The zero-order chi connectivity index (χ0) is 16.4. The van der Waals surface area contributed by atoms with E-state index in [4.69, 9.17) is 0 Å². The van der Waals surface area contributed by atoms with E-state index in [0.29, 0.717) is 6.04 Å². The van der Waals surface area contributed by atoms with Crippen molar-refractivity contribution in [3.8, 4) is 11.6 Å². The largest absolute Gasteiger partial charge is 0.331 e. The summed E-state index contributed by atoms with van der Waals surface area (Å²) in [6.45, 7) is 3.12. The third-order valence-electron chi connectivity index (χ3n) is 4.69. The van der Waals surface area contributed by atoms with Gasteiger partial charge in [0.25, 0.3) is 0 Å². The molecule has 0 aromatic carbocycles. The van der Waals surface area contributed by atoms with Crippen molar-refractivity contribution in [2.45, 2.75) is 25.4 Å². The van der Waals surface area contributed by atoms with Crippen LogP contribution >= 0.6 is 0 Å². The second-order valence-corrected chi connectivity index (χ2v) is 6.41. The first-order valence-electron chi connectivity index (χ1n) is 8.43. The van der Waals surface area contributed by atoms with Gasteiger partial charge in [-0.2, -0.15) is 0 Å². The molecule has 0 unspecified atom stereocenters. The van der Waals surface area contributed by atoms with Crippen molar-refractivity contribution in [3.05, 3.63) is 54.9 Å². The van der Waals surface area contributed by atoms with Gasteiger partial charge in [0.2, 0.25) is 0 Å². The van der Waals surface area contributed by atoms with Gasteiger partial charge in [0.15, 0.2) is 11.6 Å². The number of piperidine rings is 1. The van der Waals surface area contributed by atoms with Crippen LogP contribution in [0, 0.1) is 0 Å². The third-order valence-corrected chi connectivity index (χ3v) is 4.69. The highest BCUT2D eigenvalue weighted by molar-refractivity contribution is 5.45. The van der Waals surface area contributed by atoms with E-state index < -0.39 is 0 Å². The zero-order valence-corrected chi connectivity index (χ0v) is 13.9. The molecular formula is C18H22N6. The van der Waals surface area contributed by atoms with Gasteiger partial charge in [-0.05, 0) is 31.0 Å². The van der Waals surface area contributed by atoms with Crippen LogP contribution < -0.4 is 0 Å².